The lowest BCUT2D eigenvalue weighted by Gasteiger charge is -2.18. The van der Waals surface area contributed by atoms with E-state index in [0.29, 0.717) is 13.0 Å². The number of hydrogen-bond donors (Lipinski definition) is 1. The Morgan fingerprint density at radius 2 is 2.00 bits per heavy atom. The van der Waals surface area contributed by atoms with Gasteiger partial charge in [-0.1, -0.05) is 6.07 Å². The van der Waals surface area contributed by atoms with Crippen molar-refractivity contribution in [1.29, 1.82) is 0 Å². The van der Waals surface area contributed by atoms with E-state index < -0.39 is 0 Å². The molecule has 0 aromatic carbocycles. The summed E-state index contributed by atoms with van der Waals surface area (Å²) in [6.07, 6.45) is 5.21. The van der Waals surface area contributed by atoms with Crippen molar-refractivity contribution < 1.29 is 0 Å². The van der Waals surface area contributed by atoms with Crippen LogP contribution in [0.15, 0.2) is 36.7 Å². The monoisotopic (exact) mass is 257 g/mol. The van der Waals surface area contributed by atoms with Crippen molar-refractivity contribution in [2.45, 2.75) is 12.8 Å². The second-order valence-corrected chi connectivity index (χ2v) is 4.36. The zero-order chi connectivity index (χ0) is 13.5. The Balaban J connectivity index is 1.95. The number of likely N-dealkylation sites (N-methyl/N-ethyl adjacent to an activating group) is 1. The molecule has 2 N–H and O–H groups in total. The van der Waals surface area contributed by atoms with E-state index in [0.717, 1.165) is 30.3 Å². The fraction of sp³-hybridized carbons (Fsp3) is 0.357. The molecule has 0 spiro atoms. The molecular weight excluding hydrogens is 238 g/mol. The quantitative estimate of drug-likeness (QED) is 0.838. The molecule has 0 saturated carbocycles. The number of aromatic nitrogens is 3. The topological polar surface area (TPSA) is 67.9 Å². The molecule has 0 saturated heterocycles. The molecule has 2 aromatic rings. The second-order valence-electron chi connectivity index (χ2n) is 4.36. The van der Waals surface area contributed by atoms with E-state index in [2.05, 4.69) is 19.9 Å². The van der Waals surface area contributed by atoms with E-state index in [1.54, 1.807) is 6.20 Å². The Morgan fingerprint density at radius 3 is 2.74 bits per heavy atom. The standard InChI is InChI=1S/C14H19N5/c1-19(11-7-12-4-2-3-9-16-12)14-6-10-17-13(18-14)5-8-15/h2-4,6,9-10H,5,7-8,11,15H2,1H3. The molecule has 19 heavy (non-hydrogen) atoms. The van der Waals surface area contributed by atoms with Gasteiger partial charge in [0.1, 0.15) is 11.6 Å². The van der Waals surface area contributed by atoms with Crippen LogP contribution in [0.4, 0.5) is 5.82 Å². The normalized spacial score (nSPS) is 10.4. The average Bonchev–Trinajstić information content (AvgIpc) is 2.46. The maximum Gasteiger partial charge on any atom is 0.131 e. The van der Waals surface area contributed by atoms with E-state index in [9.17, 15) is 0 Å². The number of nitrogens with zero attached hydrogens (tertiary/aromatic N) is 4. The maximum atomic E-state index is 5.52. The molecule has 0 aliphatic heterocycles. The van der Waals surface area contributed by atoms with E-state index in [4.69, 9.17) is 5.73 Å². The van der Waals surface area contributed by atoms with Crippen molar-refractivity contribution in [2.24, 2.45) is 5.73 Å². The Labute approximate surface area is 113 Å². The van der Waals surface area contributed by atoms with Crippen molar-refractivity contribution >= 4 is 5.82 Å². The van der Waals surface area contributed by atoms with Gasteiger partial charge >= 0.3 is 0 Å². The third kappa shape index (κ3) is 3.99. The Bertz CT molecular complexity index is 500. The predicted molar refractivity (Wildman–Crippen MR) is 76.0 cm³/mol. The highest BCUT2D eigenvalue weighted by atomic mass is 15.2. The van der Waals surface area contributed by atoms with Crippen LogP contribution in [0.1, 0.15) is 11.5 Å². The molecule has 0 unspecified atom stereocenters. The van der Waals surface area contributed by atoms with Crippen LogP contribution in [0.2, 0.25) is 0 Å². The highest BCUT2D eigenvalue weighted by Crippen LogP contribution is 2.09. The van der Waals surface area contributed by atoms with Crippen molar-refractivity contribution in [1.82, 2.24) is 15.0 Å². The summed E-state index contributed by atoms with van der Waals surface area (Å²) in [7, 11) is 2.03. The third-order valence-corrected chi connectivity index (χ3v) is 2.88. The van der Waals surface area contributed by atoms with Gasteiger partial charge in [0.05, 0.1) is 0 Å². The van der Waals surface area contributed by atoms with Gasteiger partial charge in [-0.2, -0.15) is 0 Å². The van der Waals surface area contributed by atoms with E-state index in [1.165, 1.54) is 0 Å². The van der Waals surface area contributed by atoms with Gasteiger partial charge in [-0.25, -0.2) is 9.97 Å². The molecular formula is C14H19N5. The lowest BCUT2D eigenvalue weighted by atomic mass is 10.2. The summed E-state index contributed by atoms with van der Waals surface area (Å²) in [6, 6.07) is 7.88. The van der Waals surface area contributed by atoms with Crippen molar-refractivity contribution in [3.8, 4) is 0 Å². The first-order valence-corrected chi connectivity index (χ1v) is 6.42. The molecule has 0 atom stereocenters. The first-order chi connectivity index (χ1) is 9.29. The average molecular weight is 257 g/mol. The molecule has 0 bridgehead atoms. The molecule has 0 aliphatic carbocycles. The molecule has 0 aliphatic rings. The van der Waals surface area contributed by atoms with E-state index in [1.807, 2.05) is 37.5 Å². The Hall–Kier alpha value is -2.01. The van der Waals surface area contributed by atoms with Crippen LogP contribution >= 0.6 is 0 Å². The van der Waals surface area contributed by atoms with Gasteiger partial charge in [-0.15, -0.1) is 0 Å². The van der Waals surface area contributed by atoms with Crippen LogP contribution in [0.3, 0.4) is 0 Å². The van der Waals surface area contributed by atoms with Crippen LogP contribution in [0.25, 0.3) is 0 Å². The molecule has 5 nitrogen and oxygen atoms in total. The molecule has 2 heterocycles. The van der Waals surface area contributed by atoms with Gasteiger partial charge in [0.15, 0.2) is 0 Å². The third-order valence-electron chi connectivity index (χ3n) is 2.88. The van der Waals surface area contributed by atoms with Gasteiger partial charge in [0.25, 0.3) is 0 Å². The lowest BCUT2D eigenvalue weighted by molar-refractivity contribution is 0.811. The summed E-state index contributed by atoms with van der Waals surface area (Å²) < 4.78 is 0. The fourth-order valence-electron chi connectivity index (χ4n) is 1.79. The molecule has 100 valence electrons. The molecule has 0 amide bonds. The zero-order valence-electron chi connectivity index (χ0n) is 11.2. The summed E-state index contributed by atoms with van der Waals surface area (Å²) in [4.78, 5) is 15.1. The number of hydrogen-bond acceptors (Lipinski definition) is 5. The molecule has 0 fully saturated rings. The van der Waals surface area contributed by atoms with Gasteiger partial charge < -0.3 is 10.6 Å². The molecule has 2 rings (SSSR count). The van der Waals surface area contributed by atoms with Crippen LogP contribution < -0.4 is 10.6 Å². The largest absolute Gasteiger partial charge is 0.359 e. The van der Waals surface area contributed by atoms with Gasteiger partial charge in [-0.05, 0) is 24.7 Å². The van der Waals surface area contributed by atoms with Gasteiger partial charge in [-0.3, -0.25) is 4.98 Å². The Morgan fingerprint density at radius 1 is 1.11 bits per heavy atom. The van der Waals surface area contributed by atoms with E-state index >= 15 is 0 Å². The molecule has 0 radical (unpaired) electrons. The highest BCUT2D eigenvalue weighted by Gasteiger charge is 2.05. The Kier molecular flexibility index (Phi) is 4.80. The van der Waals surface area contributed by atoms with Gasteiger partial charge in [0, 0.05) is 44.5 Å². The van der Waals surface area contributed by atoms with Crippen LogP contribution in [0, 0.1) is 0 Å². The van der Waals surface area contributed by atoms with Crippen molar-refractivity contribution in [3.63, 3.8) is 0 Å². The van der Waals surface area contributed by atoms with Crippen molar-refractivity contribution in [2.75, 3.05) is 25.0 Å². The summed E-state index contributed by atoms with van der Waals surface area (Å²) in [6.45, 7) is 1.44. The number of nitrogens with two attached hydrogens (primary N) is 1. The minimum absolute atomic E-state index is 0.571. The van der Waals surface area contributed by atoms with Crippen molar-refractivity contribution in [3.05, 3.63) is 48.2 Å². The lowest BCUT2D eigenvalue weighted by Crippen LogP contribution is -2.22. The number of anilines is 1. The first-order valence-electron chi connectivity index (χ1n) is 6.42. The summed E-state index contributed by atoms with van der Waals surface area (Å²) in [5, 5.41) is 0. The van der Waals surface area contributed by atoms with Crippen LogP contribution in [0.5, 0.6) is 0 Å². The fourth-order valence-corrected chi connectivity index (χ4v) is 1.79. The first kappa shape index (κ1) is 13.4. The maximum absolute atomic E-state index is 5.52. The summed E-state index contributed by atoms with van der Waals surface area (Å²) >= 11 is 0. The zero-order valence-corrected chi connectivity index (χ0v) is 11.2. The number of rotatable bonds is 6. The minimum Gasteiger partial charge on any atom is -0.359 e. The smallest absolute Gasteiger partial charge is 0.131 e. The van der Waals surface area contributed by atoms with E-state index in [-0.39, 0.29) is 0 Å². The van der Waals surface area contributed by atoms with Crippen LogP contribution in [-0.4, -0.2) is 35.1 Å². The summed E-state index contributed by atoms with van der Waals surface area (Å²) in [5.41, 5.74) is 6.61. The van der Waals surface area contributed by atoms with Gasteiger partial charge in [0.2, 0.25) is 0 Å². The van der Waals surface area contributed by atoms with Crippen LogP contribution in [-0.2, 0) is 12.8 Å². The molecule has 5 heteroatoms. The number of pyridine rings is 1. The minimum atomic E-state index is 0.571. The summed E-state index contributed by atoms with van der Waals surface area (Å²) in [5.74, 6) is 1.72. The predicted octanol–water partition coefficient (Wildman–Crippen LogP) is 1.05. The molecule has 2 aromatic heterocycles. The highest BCUT2D eigenvalue weighted by molar-refractivity contribution is 5.36. The second kappa shape index (κ2) is 6.80. The SMILES string of the molecule is CN(CCc1ccccn1)c1ccnc(CCN)n1.